The summed E-state index contributed by atoms with van der Waals surface area (Å²) >= 11 is 1.18. The van der Waals surface area contributed by atoms with Gasteiger partial charge >= 0.3 is 0 Å². The molecule has 1 atom stereocenters. The number of aromatic nitrogens is 1. The lowest BCUT2D eigenvalue weighted by Gasteiger charge is -2.15. The molecular formula is C24H27NO6S. The van der Waals surface area contributed by atoms with Crippen LogP contribution in [-0.4, -0.2) is 60.8 Å². The largest absolute Gasteiger partial charge is 0.493 e. The number of fused-ring (bicyclic) bond motifs is 1. The number of ether oxygens (including phenoxy) is 3. The first-order chi connectivity index (χ1) is 15.4. The lowest BCUT2D eigenvalue weighted by atomic mass is 10.0. The number of hydrogen-bond acceptors (Lipinski definition) is 7. The van der Waals surface area contributed by atoms with Crippen molar-refractivity contribution < 1.29 is 29.2 Å². The second-order valence-electron chi connectivity index (χ2n) is 7.14. The molecule has 7 nitrogen and oxygen atoms in total. The molecule has 3 rings (SSSR count). The Morgan fingerprint density at radius 2 is 1.84 bits per heavy atom. The average Bonchev–Trinajstić information content (AvgIpc) is 3.23. The molecule has 3 aromatic rings. The molecule has 1 heterocycles. The number of aliphatic hydroxyl groups excluding tert-OH is 2. The number of benzene rings is 2. The van der Waals surface area contributed by atoms with E-state index in [-0.39, 0.29) is 18.1 Å². The van der Waals surface area contributed by atoms with E-state index in [1.54, 1.807) is 18.2 Å². The van der Waals surface area contributed by atoms with Crippen LogP contribution in [0.25, 0.3) is 17.0 Å². The third-order valence-corrected chi connectivity index (χ3v) is 6.19. The number of Topliss-reactive ketones (excluding diaryl/α,β-unsaturated/α-hetero) is 1. The molecule has 0 saturated carbocycles. The predicted octanol–water partition coefficient (Wildman–Crippen LogP) is 3.81. The highest BCUT2D eigenvalue weighted by Gasteiger charge is 2.21. The molecule has 3 N–H and O–H groups in total. The Morgan fingerprint density at radius 3 is 2.44 bits per heavy atom. The van der Waals surface area contributed by atoms with Crippen LogP contribution in [0.4, 0.5) is 0 Å². The molecule has 1 unspecified atom stereocenters. The van der Waals surface area contributed by atoms with Gasteiger partial charge in [-0.1, -0.05) is 12.1 Å². The van der Waals surface area contributed by atoms with E-state index in [1.165, 1.54) is 33.1 Å². The quantitative estimate of drug-likeness (QED) is 0.314. The summed E-state index contributed by atoms with van der Waals surface area (Å²) in [6.07, 6.45) is 2.70. The van der Waals surface area contributed by atoms with Crippen LogP contribution in [0.15, 0.2) is 41.4 Å². The number of thioether (sulfide) groups is 1. The Hall–Kier alpha value is -2.94. The molecule has 0 fully saturated rings. The molecule has 1 aromatic heterocycles. The minimum absolute atomic E-state index is 0.167. The van der Waals surface area contributed by atoms with Gasteiger partial charge in [0.05, 0.1) is 38.9 Å². The van der Waals surface area contributed by atoms with E-state index in [2.05, 4.69) is 4.98 Å². The molecule has 0 aliphatic carbocycles. The van der Waals surface area contributed by atoms with Gasteiger partial charge in [0.25, 0.3) is 0 Å². The zero-order chi connectivity index (χ0) is 23.3. The molecular weight excluding hydrogens is 430 g/mol. The second kappa shape index (κ2) is 10.6. The fourth-order valence-electron chi connectivity index (χ4n) is 3.42. The van der Waals surface area contributed by atoms with Gasteiger partial charge < -0.3 is 29.4 Å². The van der Waals surface area contributed by atoms with Gasteiger partial charge in [-0.15, -0.1) is 11.8 Å². The van der Waals surface area contributed by atoms with Crippen molar-refractivity contribution in [2.45, 2.75) is 13.0 Å². The number of H-pyrrole nitrogens is 1. The first-order valence-corrected chi connectivity index (χ1v) is 11.0. The summed E-state index contributed by atoms with van der Waals surface area (Å²) in [6, 6.07) is 9.15. The highest BCUT2D eigenvalue weighted by atomic mass is 32.2. The molecule has 0 radical (unpaired) electrons. The van der Waals surface area contributed by atoms with E-state index in [0.29, 0.717) is 27.7 Å². The van der Waals surface area contributed by atoms with Gasteiger partial charge in [0.1, 0.15) is 0 Å². The predicted molar refractivity (Wildman–Crippen MR) is 127 cm³/mol. The SMILES string of the molecule is COc1cc(C(=O)/C(=C/c2c[nH]c3cccc(C)c23)SCC(O)CO)cc(OC)c1OC. The number of nitrogens with one attached hydrogen (secondary N) is 1. The van der Waals surface area contributed by atoms with Crippen LogP contribution < -0.4 is 14.2 Å². The summed E-state index contributed by atoms with van der Waals surface area (Å²) in [6.45, 7) is 1.63. The highest BCUT2D eigenvalue weighted by molar-refractivity contribution is 8.04. The van der Waals surface area contributed by atoms with Gasteiger partial charge in [0.2, 0.25) is 5.75 Å². The summed E-state index contributed by atoms with van der Waals surface area (Å²) in [4.78, 5) is 17.2. The molecule has 0 aliphatic rings. The van der Waals surface area contributed by atoms with E-state index in [0.717, 1.165) is 22.0 Å². The molecule has 0 aliphatic heterocycles. The van der Waals surface area contributed by atoms with Gasteiger partial charge in [-0.3, -0.25) is 4.79 Å². The van der Waals surface area contributed by atoms with Crippen LogP contribution in [0.1, 0.15) is 21.5 Å². The summed E-state index contributed by atoms with van der Waals surface area (Å²) < 4.78 is 16.1. The van der Waals surface area contributed by atoms with Crippen LogP contribution >= 0.6 is 11.8 Å². The lowest BCUT2D eigenvalue weighted by Crippen LogP contribution is -2.16. The molecule has 32 heavy (non-hydrogen) atoms. The van der Waals surface area contributed by atoms with Crippen molar-refractivity contribution in [2.24, 2.45) is 0 Å². The summed E-state index contributed by atoms with van der Waals surface area (Å²) in [5.41, 5.74) is 3.26. The summed E-state index contributed by atoms with van der Waals surface area (Å²) in [5, 5.41) is 20.1. The number of rotatable bonds is 10. The number of aliphatic hydroxyl groups is 2. The molecule has 2 aromatic carbocycles. The number of hydrogen-bond donors (Lipinski definition) is 3. The molecule has 0 saturated heterocycles. The van der Waals surface area contributed by atoms with Crippen LogP contribution in [0.5, 0.6) is 17.2 Å². The molecule has 8 heteroatoms. The van der Waals surface area contributed by atoms with Crippen LogP contribution in [0, 0.1) is 6.92 Å². The Bertz CT molecular complexity index is 1110. The van der Waals surface area contributed by atoms with E-state index in [1.807, 2.05) is 31.3 Å². The van der Waals surface area contributed by atoms with Crippen LogP contribution in [0.2, 0.25) is 0 Å². The minimum atomic E-state index is -0.944. The number of allylic oxidation sites excluding steroid dienone is 1. The summed E-state index contributed by atoms with van der Waals surface area (Å²) in [7, 11) is 4.48. The molecule has 0 bridgehead atoms. The third kappa shape index (κ3) is 4.93. The molecule has 170 valence electrons. The zero-order valence-electron chi connectivity index (χ0n) is 18.5. The Morgan fingerprint density at radius 1 is 1.16 bits per heavy atom. The minimum Gasteiger partial charge on any atom is -0.493 e. The smallest absolute Gasteiger partial charge is 0.203 e. The molecule has 0 spiro atoms. The number of methoxy groups -OCH3 is 3. The lowest BCUT2D eigenvalue weighted by molar-refractivity contribution is 0.104. The van der Waals surface area contributed by atoms with Crippen molar-refractivity contribution >= 4 is 34.5 Å². The van der Waals surface area contributed by atoms with Crippen LogP contribution in [-0.2, 0) is 0 Å². The standard InChI is InChI=1S/C24H27NO6S/c1-14-6-5-7-18-22(14)16(11-25-18)10-21(32-13-17(27)12-26)23(28)15-8-19(29-2)24(31-4)20(9-15)30-3/h5-11,17,25-27H,12-13H2,1-4H3/b21-10-. The topological polar surface area (TPSA) is 101 Å². The zero-order valence-corrected chi connectivity index (χ0v) is 19.3. The summed E-state index contributed by atoms with van der Waals surface area (Å²) in [5.74, 6) is 1.05. The molecule has 0 amide bonds. The monoisotopic (exact) mass is 457 g/mol. The highest BCUT2D eigenvalue weighted by Crippen LogP contribution is 2.39. The Labute approximate surface area is 191 Å². The maximum absolute atomic E-state index is 13.5. The normalized spacial score (nSPS) is 12.6. The average molecular weight is 458 g/mol. The number of aromatic amines is 1. The van der Waals surface area contributed by atoms with E-state index >= 15 is 0 Å². The van der Waals surface area contributed by atoms with Crippen LogP contribution in [0.3, 0.4) is 0 Å². The number of ketones is 1. The van der Waals surface area contributed by atoms with Crippen molar-refractivity contribution in [1.29, 1.82) is 0 Å². The van der Waals surface area contributed by atoms with Crippen molar-refractivity contribution in [1.82, 2.24) is 4.98 Å². The number of carbonyl (C=O) groups is 1. The van der Waals surface area contributed by atoms with Gasteiger partial charge in [0.15, 0.2) is 17.3 Å². The first-order valence-electron chi connectivity index (χ1n) is 9.98. The van der Waals surface area contributed by atoms with Gasteiger partial charge in [-0.2, -0.15) is 0 Å². The van der Waals surface area contributed by atoms with Crippen molar-refractivity contribution in [3.8, 4) is 17.2 Å². The van der Waals surface area contributed by atoms with Crippen molar-refractivity contribution in [3.63, 3.8) is 0 Å². The maximum atomic E-state index is 13.5. The van der Waals surface area contributed by atoms with Gasteiger partial charge in [0, 0.05) is 34.0 Å². The van der Waals surface area contributed by atoms with Gasteiger partial charge in [-0.05, 0) is 36.8 Å². The fraction of sp³-hybridized carbons (Fsp3) is 0.292. The van der Waals surface area contributed by atoms with Crippen molar-refractivity contribution in [3.05, 3.63) is 58.1 Å². The van der Waals surface area contributed by atoms with E-state index < -0.39 is 6.10 Å². The van der Waals surface area contributed by atoms with E-state index in [9.17, 15) is 15.0 Å². The van der Waals surface area contributed by atoms with Gasteiger partial charge in [-0.25, -0.2) is 0 Å². The Kier molecular flexibility index (Phi) is 7.84. The fourth-order valence-corrected chi connectivity index (χ4v) is 4.36. The number of carbonyl (C=O) groups excluding carboxylic acids is 1. The van der Waals surface area contributed by atoms with Crippen molar-refractivity contribution in [2.75, 3.05) is 33.7 Å². The first kappa shape index (κ1) is 23.7. The Balaban J connectivity index is 2.09. The maximum Gasteiger partial charge on any atom is 0.203 e. The third-order valence-electron chi connectivity index (χ3n) is 5.02. The second-order valence-corrected chi connectivity index (χ2v) is 8.20. The number of aryl methyl sites for hydroxylation is 1. The van der Waals surface area contributed by atoms with E-state index in [4.69, 9.17) is 14.2 Å².